The smallest absolute Gasteiger partial charge is 0.461 e. The lowest BCUT2D eigenvalue weighted by Crippen LogP contribution is -2.49. The minimum Gasteiger partial charge on any atom is -0.494 e. The van der Waals surface area contributed by atoms with E-state index in [9.17, 15) is 44.7 Å². The van der Waals surface area contributed by atoms with Crippen LogP contribution in [0.5, 0.6) is 11.5 Å². The molecular weight excluding hydrogens is 723 g/mol. The van der Waals surface area contributed by atoms with Gasteiger partial charge in [-0.05, 0) is 72.1 Å². The molecule has 0 aliphatic heterocycles. The third-order valence-electron chi connectivity index (χ3n) is 7.31. The number of hydrogen-bond acceptors (Lipinski definition) is 6. The highest BCUT2D eigenvalue weighted by Crippen LogP contribution is 2.38. The molecule has 51 heavy (non-hydrogen) atoms. The van der Waals surface area contributed by atoms with Gasteiger partial charge in [0.2, 0.25) is 0 Å². The highest BCUT2D eigenvalue weighted by atomic mass is 35.5. The average molecular weight is 749 g/mol. The van der Waals surface area contributed by atoms with Crippen LogP contribution in [0.4, 0.5) is 39.5 Å². The van der Waals surface area contributed by atoms with Crippen LogP contribution in [0.15, 0.2) is 79.0 Å². The molecule has 4 rings (SSSR count). The van der Waals surface area contributed by atoms with Crippen LogP contribution >= 0.6 is 11.6 Å². The number of nitrogens with one attached hydrogen (secondary N) is 1. The minimum absolute atomic E-state index is 0.0703. The van der Waals surface area contributed by atoms with E-state index in [0.717, 1.165) is 24.4 Å². The Morgan fingerprint density at radius 3 is 2.22 bits per heavy atom. The van der Waals surface area contributed by atoms with Crippen molar-refractivity contribution in [3.8, 4) is 11.5 Å². The van der Waals surface area contributed by atoms with Gasteiger partial charge in [-0.3, -0.25) is 14.6 Å². The molecule has 1 heterocycles. The van der Waals surface area contributed by atoms with E-state index in [-0.39, 0.29) is 29.8 Å². The van der Waals surface area contributed by atoms with Crippen LogP contribution in [0.1, 0.15) is 45.6 Å². The normalized spacial score (nSPS) is 13.0. The van der Waals surface area contributed by atoms with E-state index >= 15 is 4.39 Å². The lowest BCUT2D eigenvalue weighted by molar-refractivity contribution is -0.253. The first-order valence-corrected chi connectivity index (χ1v) is 15.1. The van der Waals surface area contributed by atoms with Gasteiger partial charge in [0.25, 0.3) is 5.91 Å². The Morgan fingerprint density at radius 1 is 0.902 bits per heavy atom. The van der Waals surface area contributed by atoms with E-state index in [1.165, 1.54) is 43.5 Å². The van der Waals surface area contributed by atoms with Crippen LogP contribution in [-0.4, -0.2) is 43.1 Å². The zero-order valence-corrected chi connectivity index (χ0v) is 26.9. The van der Waals surface area contributed by atoms with E-state index in [1.54, 1.807) is 0 Å². The number of rotatable bonds is 14. The van der Waals surface area contributed by atoms with Crippen molar-refractivity contribution in [1.82, 2.24) is 10.3 Å². The second-order valence-electron chi connectivity index (χ2n) is 10.9. The highest BCUT2D eigenvalue weighted by Gasteiger charge is 2.45. The van der Waals surface area contributed by atoms with Crippen molar-refractivity contribution in [2.45, 2.75) is 43.5 Å². The molecule has 0 spiro atoms. The fourth-order valence-corrected chi connectivity index (χ4v) is 5.00. The Labute approximate surface area is 289 Å². The zero-order chi connectivity index (χ0) is 37.6. The number of nitrogens with zero attached hydrogens (tertiary/aromatic N) is 1. The molecule has 0 aliphatic carbocycles. The van der Waals surface area contributed by atoms with Gasteiger partial charge in [-0.2, -0.15) is 30.7 Å². The zero-order valence-electron chi connectivity index (χ0n) is 26.2. The van der Waals surface area contributed by atoms with Crippen molar-refractivity contribution in [3.63, 3.8) is 0 Å². The topological polar surface area (TPSA) is 86.8 Å². The molecule has 0 saturated heterocycles. The average Bonchev–Trinajstić information content (AvgIpc) is 3.06. The summed E-state index contributed by atoms with van der Waals surface area (Å²) in [7, 11) is 1.24. The largest absolute Gasteiger partial charge is 0.494 e. The maximum absolute atomic E-state index is 15.1. The number of carbonyl (C=O) groups excluding carboxylic acids is 2. The van der Waals surface area contributed by atoms with Crippen molar-refractivity contribution in [3.05, 3.63) is 124 Å². The Bertz CT molecular complexity index is 1840. The number of alkyl halides is 7. The second kappa shape index (κ2) is 15.9. The number of methoxy groups -OCH3 is 1. The summed E-state index contributed by atoms with van der Waals surface area (Å²) in [6.45, 7) is 0.121. The molecule has 0 unspecified atom stereocenters. The Hall–Kier alpha value is -4.99. The van der Waals surface area contributed by atoms with Gasteiger partial charge in [-0.25, -0.2) is 8.78 Å². The first-order chi connectivity index (χ1) is 23.9. The Balaban J connectivity index is 1.86. The van der Waals surface area contributed by atoms with Crippen LogP contribution in [0, 0.1) is 11.6 Å². The molecule has 0 bridgehead atoms. The van der Waals surface area contributed by atoms with Crippen molar-refractivity contribution in [1.29, 1.82) is 0 Å². The van der Waals surface area contributed by atoms with Crippen molar-refractivity contribution >= 4 is 23.5 Å². The first-order valence-electron chi connectivity index (χ1n) is 14.7. The van der Waals surface area contributed by atoms with E-state index in [4.69, 9.17) is 16.3 Å². The highest BCUT2D eigenvalue weighted by molar-refractivity contribution is 6.30. The van der Waals surface area contributed by atoms with Gasteiger partial charge in [0.1, 0.15) is 28.7 Å². The summed E-state index contributed by atoms with van der Waals surface area (Å²) >= 11 is 6.03. The quantitative estimate of drug-likeness (QED) is 0.0791. The molecule has 272 valence electrons. The molecule has 0 radical (unpaired) electrons. The third kappa shape index (κ3) is 9.84. The number of benzene rings is 3. The minimum atomic E-state index is -5.21. The molecule has 0 aliphatic rings. The van der Waals surface area contributed by atoms with Crippen LogP contribution in [0.25, 0.3) is 0 Å². The molecule has 0 fully saturated rings. The summed E-state index contributed by atoms with van der Waals surface area (Å²) < 4.78 is 138. The van der Waals surface area contributed by atoms with Gasteiger partial charge in [0, 0.05) is 30.7 Å². The Morgan fingerprint density at radius 2 is 1.61 bits per heavy atom. The van der Waals surface area contributed by atoms with Gasteiger partial charge in [-0.15, -0.1) is 0 Å². The van der Waals surface area contributed by atoms with Gasteiger partial charge < -0.3 is 19.5 Å². The SMILES string of the molecule is COC(=O)CCCOc1ccc(C[C@](NC(=O)c2ccc(F)c(C(F)(F)F)c2)(c2cc(F)cc(OC(F)(F)C(F)F)c2)c2ccc(Cl)cn2)cc1. The molecular formula is C34H26ClF9N2O5. The van der Waals surface area contributed by atoms with E-state index in [0.29, 0.717) is 29.9 Å². The van der Waals surface area contributed by atoms with Crippen LogP contribution in [0.3, 0.4) is 0 Å². The molecule has 4 aromatic rings. The van der Waals surface area contributed by atoms with Crippen molar-refractivity contribution in [2.75, 3.05) is 13.7 Å². The van der Waals surface area contributed by atoms with Crippen molar-refractivity contribution in [2.24, 2.45) is 0 Å². The number of pyridine rings is 1. The maximum Gasteiger partial charge on any atom is 0.461 e. The summed E-state index contributed by atoms with van der Waals surface area (Å²) in [5.74, 6) is -5.47. The number of esters is 1. The first kappa shape index (κ1) is 38.8. The summed E-state index contributed by atoms with van der Waals surface area (Å²) in [6.07, 6.45) is -13.5. The Kier molecular flexibility index (Phi) is 12.1. The third-order valence-corrected chi connectivity index (χ3v) is 7.54. The number of ether oxygens (including phenoxy) is 3. The number of amides is 1. The summed E-state index contributed by atoms with van der Waals surface area (Å²) in [5.41, 5.74) is -4.95. The molecule has 1 atom stereocenters. The fraction of sp³-hybridized carbons (Fsp3) is 0.265. The van der Waals surface area contributed by atoms with Crippen molar-refractivity contribution < 1.29 is 63.3 Å². The lowest BCUT2D eigenvalue weighted by atomic mass is 9.80. The lowest BCUT2D eigenvalue weighted by Gasteiger charge is -2.36. The molecule has 17 heteroatoms. The van der Waals surface area contributed by atoms with Crippen LogP contribution < -0.4 is 14.8 Å². The van der Waals surface area contributed by atoms with E-state index in [2.05, 4.69) is 19.8 Å². The van der Waals surface area contributed by atoms with Gasteiger partial charge in [0.05, 0.1) is 30.0 Å². The summed E-state index contributed by atoms with van der Waals surface area (Å²) in [6, 6.07) is 11.7. The van der Waals surface area contributed by atoms with Gasteiger partial charge >= 0.3 is 24.7 Å². The summed E-state index contributed by atoms with van der Waals surface area (Å²) in [4.78, 5) is 29.3. The second-order valence-corrected chi connectivity index (χ2v) is 11.3. The van der Waals surface area contributed by atoms with Gasteiger partial charge in [0.15, 0.2) is 0 Å². The number of halogens is 10. The molecule has 1 aromatic heterocycles. The van der Waals surface area contributed by atoms with Crippen LogP contribution in [0.2, 0.25) is 5.02 Å². The standard InChI is InChI=1S/C34H26ClF9N2O5/c1-49-29(47)3-2-12-50-24-8-4-19(5-9-24)17-32(28-11-7-22(35)18-45-28,21-14-23(36)16-25(15-21)51-34(43,44)31(38)39)46-30(48)20-6-10-27(37)26(13-20)33(40,41)42/h4-11,13-16,18,31H,2-3,12,17H2,1H3,(H,46,48)/t32-/m0/s1. The molecule has 1 N–H and O–H groups in total. The monoisotopic (exact) mass is 748 g/mol. The molecule has 1 amide bonds. The summed E-state index contributed by atoms with van der Waals surface area (Å²) in [5, 5.41) is 2.56. The number of aromatic nitrogens is 1. The van der Waals surface area contributed by atoms with E-state index < -0.39 is 76.6 Å². The molecule has 7 nitrogen and oxygen atoms in total. The number of carbonyl (C=O) groups is 2. The molecule has 3 aromatic carbocycles. The number of hydrogen-bond donors (Lipinski definition) is 1. The van der Waals surface area contributed by atoms with Gasteiger partial charge in [-0.1, -0.05) is 23.7 Å². The molecule has 0 saturated carbocycles. The fourth-order valence-electron chi connectivity index (χ4n) is 4.89. The van der Waals surface area contributed by atoms with Crippen LogP contribution in [-0.2, 0) is 27.7 Å². The maximum atomic E-state index is 15.1. The predicted molar refractivity (Wildman–Crippen MR) is 164 cm³/mol. The van der Waals surface area contributed by atoms with E-state index in [1.807, 2.05) is 0 Å². The predicted octanol–water partition coefficient (Wildman–Crippen LogP) is 8.52.